The van der Waals surface area contributed by atoms with Crippen molar-refractivity contribution in [3.8, 4) is 0 Å². The number of rotatable bonds is 3. The van der Waals surface area contributed by atoms with Gasteiger partial charge >= 0.3 is 0 Å². The zero-order valence-electron chi connectivity index (χ0n) is 4.55. The lowest BCUT2D eigenvalue weighted by atomic mass is 10.5. The summed E-state index contributed by atoms with van der Waals surface area (Å²) in [5.41, 5.74) is 0. The fourth-order valence-electron chi connectivity index (χ4n) is 0.227. The lowest BCUT2D eigenvalue weighted by molar-refractivity contribution is -0.959. The van der Waals surface area contributed by atoms with Crippen molar-refractivity contribution in [1.29, 1.82) is 0 Å². The van der Waals surface area contributed by atoms with E-state index in [0.717, 1.165) is 0 Å². The molecule has 0 unspecified atom stereocenters. The fraction of sp³-hybridized carbons (Fsp3) is 1.00. The molecule has 50 valence electrons. The van der Waals surface area contributed by atoms with Crippen molar-refractivity contribution in [2.75, 3.05) is 6.61 Å². The third-order valence-electron chi connectivity index (χ3n) is 0.483. The van der Waals surface area contributed by atoms with Crippen molar-refractivity contribution < 1.29 is 20.1 Å². The van der Waals surface area contributed by atoms with E-state index in [1.54, 1.807) is 6.92 Å². The fourth-order valence-corrected chi connectivity index (χ4v) is 0.227. The van der Waals surface area contributed by atoms with Crippen molar-refractivity contribution in [2.24, 2.45) is 0 Å². The van der Waals surface area contributed by atoms with Gasteiger partial charge in [0.05, 0.1) is 0 Å². The normalized spacial score (nSPS) is 12.0. The number of hydrogen-bond donors (Lipinski definition) is 0. The molecule has 0 amide bonds. The molecule has 0 N–H and O–H groups in total. The Morgan fingerprint density at radius 2 is 1.88 bits per heavy atom. The second-order valence-electron chi connectivity index (χ2n) is 1.35. The van der Waals surface area contributed by atoms with Crippen LogP contribution in [0, 0.1) is 0 Å². The van der Waals surface area contributed by atoms with Crippen LogP contribution in [0.1, 0.15) is 13.3 Å². The van der Waals surface area contributed by atoms with Gasteiger partial charge in [-0.05, 0) is 6.42 Å². The molecule has 0 aliphatic rings. The molecular weight excluding hydrogens is 112 g/mol. The lowest BCUT2D eigenvalue weighted by Crippen LogP contribution is -2.68. The summed E-state index contributed by atoms with van der Waals surface area (Å²) in [5, 5.41) is 28.6. The highest BCUT2D eigenvalue weighted by molar-refractivity contribution is 4.21. The summed E-state index contributed by atoms with van der Waals surface area (Å²) in [6, 6.07) is 0. The first kappa shape index (κ1) is 7.84. The highest BCUT2D eigenvalue weighted by Gasteiger charge is 1.79. The van der Waals surface area contributed by atoms with Crippen LogP contribution in [0.2, 0.25) is 0 Å². The highest BCUT2D eigenvalue weighted by atomic mass is 16.9. The molecule has 0 fully saturated rings. The van der Waals surface area contributed by atoms with E-state index in [4.69, 9.17) is 0 Å². The summed E-state index contributed by atoms with van der Waals surface area (Å²) in [6.45, 7) is 1.64. The molecular formula is C4H7O4-3. The molecule has 0 aromatic carbocycles. The van der Waals surface area contributed by atoms with E-state index in [1.165, 1.54) is 0 Å². The summed E-state index contributed by atoms with van der Waals surface area (Å²) < 4.78 is 3.71. The Labute approximate surface area is 47.3 Å². The second-order valence-corrected chi connectivity index (χ2v) is 1.35. The van der Waals surface area contributed by atoms with Crippen molar-refractivity contribution in [3.05, 3.63) is 0 Å². The van der Waals surface area contributed by atoms with E-state index >= 15 is 0 Å². The maximum absolute atomic E-state index is 9.53. The van der Waals surface area contributed by atoms with Gasteiger partial charge in [-0.25, -0.2) is 0 Å². The highest BCUT2D eigenvalue weighted by Crippen LogP contribution is 1.82. The smallest absolute Gasteiger partial charge is 0.0416 e. The molecule has 0 aromatic rings. The van der Waals surface area contributed by atoms with E-state index < -0.39 is 6.16 Å². The van der Waals surface area contributed by atoms with Crippen LogP contribution in [0.3, 0.4) is 0 Å². The van der Waals surface area contributed by atoms with E-state index in [1.807, 2.05) is 0 Å². The second kappa shape index (κ2) is 2.99. The molecule has 0 aliphatic heterocycles. The largest absolute Gasteiger partial charge is 0.856 e. The van der Waals surface area contributed by atoms with Crippen molar-refractivity contribution in [3.63, 3.8) is 0 Å². The van der Waals surface area contributed by atoms with Crippen LogP contribution in [-0.4, -0.2) is 12.8 Å². The Hall–Kier alpha value is -0.160. The topological polar surface area (TPSA) is 78.4 Å². The van der Waals surface area contributed by atoms with Crippen molar-refractivity contribution >= 4 is 0 Å². The van der Waals surface area contributed by atoms with Gasteiger partial charge in [-0.3, -0.25) is 0 Å². The van der Waals surface area contributed by atoms with Gasteiger partial charge in [0.25, 0.3) is 0 Å². The average Bonchev–Trinajstić information content (AvgIpc) is 1.59. The Balaban J connectivity index is 3.11. The predicted molar refractivity (Wildman–Crippen MR) is 19.0 cm³/mol. The molecule has 0 aliphatic carbocycles. The molecule has 0 saturated carbocycles. The Morgan fingerprint density at radius 3 is 2.00 bits per heavy atom. The van der Waals surface area contributed by atoms with Gasteiger partial charge in [-0.15, -0.1) is 0 Å². The maximum Gasteiger partial charge on any atom is 0.0416 e. The van der Waals surface area contributed by atoms with Crippen LogP contribution in [0.15, 0.2) is 0 Å². The van der Waals surface area contributed by atoms with Gasteiger partial charge in [0.1, 0.15) is 0 Å². The van der Waals surface area contributed by atoms with Crippen LogP contribution in [-0.2, 0) is 4.74 Å². The van der Waals surface area contributed by atoms with Gasteiger partial charge in [-0.1, -0.05) is 6.92 Å². The van der Waals surface area contributed by atoms with E-state index in [0.29, 0.717) is 6.42 Å². The molecule has 0 rings (SSSR count). The molecule has 0 saturated heterocycles. The molecule has 8 heavy (non-hydrogen) atoms. The zero-order valence-corrected chi connectivity index (χ0v) is 4.55. The molecule has 0 heterocycles. The first-order valence-corrected chi connectivity index (χ1v) is 2.31. The molecule has 0 atom stereocenters. The molecule has 0 spiro atoms. The van der Waals surface area contributed by atoms with Crippen LogP contribution in [0.5, 0.6) is 0 Å². The minimum Gasteiger partial charge on any atom is -0.856 e. The molecule has 0 bridgehead atoms. The third-order valence-corrected chi connectivity index (χ3v) is 0.483. The zero-order chi connectivity index (χ0) is 6.62. The van der Waals surface area contributed by atoms with Crippen LogP contribution >= 0.6 is 0 Å². The first-order valence-electron chi connectivity index (χ1n) is 2.31. The summed E-state index contributed by atoms with van der Waals surface area (Å²) in [5.74, 6) is 0. The summed E-state index contributed by atoms with van der Waals surface area (Å²) in [4.78, 5) is 0. The number of ether oxygens (including phenoxy) is 1. The Kier molecular flexibility index (Phi) is 2.93. The lowest BCUT2D eigenvalue weighted by Gasteiger charge is -2.56. The quantitative estimate of drug-likeness (QED) is 0.373. The predicted octanol–water partition coefficient (Wildman–Crippen LogP) is -2.89. The van der Waals surface area contributed by atoms with Crippen molar-refractivity contribution in [2.45, 2.75) is 19.5 Å². The Morgan fingerprint density at radius 1 is 1.38 bits per heavy atom. The van der Waals surface area contributed by atoms with Gasteiger partial charge in [-0.2, -0.15) is 6.16 Å². The third kappa shape index (κ3) is 5.84. The summed E-state index contributed by atoms with van der Waals surface area (Å²) in [6.07, 6.45) is -3.19. The van der Waals surface area contributed by atoms with Crippen LogP contribution < -0.4 is 15.3 Å². The van der Waals surface area contributed by atoms with Gasteiger partial charge < -0.3 is 20.1 Å². The van der Waals surface area contributed by atoms with Gasteiger partial charge in [0.2, 0.25) is 0 Å². The number of hydrogen-bond acceptors (Lipinski definition) is 4. The first-order chi connectivity index (χ1) is 3.56. The SMILES string of the molecule is CCCOC([O-])([O-])[O-]. The summed E-state index contributed by atoms with van der Waals surface area (Å²) in [7, 11) is 0. The monoisotopic (exact) mass is 119 g/mol. The maximum atomic E-state index is 9.53. The average molecular weight is 119 g/mol. The Bertz CT molecular complexity index is 55.5. The minimum absolute atomic E-state index is 0.0590. The van der Waals surface area contributed by atoms with Crippen molar-refractivity contribution in [1.82, 2.24) is 0 Å². The molecule has 4 nitrogen and oxygen atoms in total. The van der Waals surface area contributed by atoms with Crippen LogP contribution in [0.25, 0.3) is 0 Å². The molecule has 0 aromatic heterocycles. The van der Waals surface area contributed by atoms with E-state index in [2.05, 4.69) is 4.74 Å². The standard InChI is InChI=1S/C4H7O4/c1-2-3-8-4(5,6)7/h2-3H2,1H3/q-3. The molecule has 0 radical (unpaired) electrons. The summed E-state index contributed by atoms with van der Waals surface area (Å²) >= 11 is 0. The van der Waals surface area contributed by atoms with E-state index in [-0.39, 0.29) is 6.61 Å². The molecule has 4 heteroatoms. The van der Waals surface area contributed by atoms with Gasteiger partial charge in [0, 0.05) is 6.61 Å². The van der Waals surface area contributed by atoms with Gasteiger partial charge in [0.15, 0.2) is 0 Å². The van der Waals surface area contributed by atoms with E-state index in [9.17, 15) is 15.3 Å². The van der Waals surface area contributed by atoms with Crippen LogP contribution in [0.4, 0.5) is 0 Å². The minimum atomic E-state index is -3.70.